The number of aliphatic hydroxyl groups excluding tert-OH is 1. The van der Waals surface area contributed by atoms with E-state index in [0.717, 1.165) is 0 Å². The van der Waals surface area contributed by atoms with Gasteiger partial charge in [0.1, 0.15) is 5.69 Å². The van der Waals surface area contributed by atoms with Crippen molar-refractivity contribution in [2.45, 2.75) is 43.8 Å². The number of anilines is 1. The molecule has 2 heterocycles. The first-order valence-electron chi connectivity index (χ1n) is 9.07. The van der Waals surface area contributed by atoms with Gasteiger partial charge < -0.3 is 15.7 Å². The van der Waals surface area contributed by atoms with Crippen molar-refractivity contribution >= 4 is 5.95 Å². The van der Waals surface area contributed by atoms with Crippen molar-refractivity contribution in [3.05, 3.63) is 41.1 Å². The van der Waals surface area contributed by atoms with Crippen LogP contribution in [0.5, 0.6) is 0 Å². The number of alkyl halides is 4. The van der Waals surface area contributed by atoms with Crippen molar-refractivity contribution in [1.29, 1.82) is 0 Å². The Morgan fingerprint density at radius 3 is 2.50 bits per heavy atom. The highest BCUT2D eigenvalue weighted by molar-refractivity contribution is 5.67. The largest absolute Gasteiger partial charge is 0.389 e. The van der Waals surface area contributed by atoms with Gasteiger partial charge in [-0.05, 0) is 13.3 Å². The maximum Gasteiger partial charge on any atom is 0.290 e. The molecule has 5 nitrogen and oxygen atoms in total. The summed E-state index contributed by atoms with van der Waals surface area (Å²) in [5.74, 6) is -6.11. The molecule has 2 atom stereocenters. The zero-order chi connectivity index (χ0) is 20.3. The van der Waals surface area contributed by atoms with E-state index < -0.39 is 24.5 Å². The molecule has 1 aromatic carbocycles. The monoisotopic (exact) mass is 396 g/mol. The number of hydrogen-bond acceptors (Lipinski definition) is 5. The third kappa shape index (κ3) is 2.93. The Labute approximate surface area is 159 Å². The summed E-state index contributed by atoms with van der Waals surface area (Å²) in [5.41, 5.74) is 5.66. The summed E-state index contributed by atoms with van der Waals surface area (Å²) >= 11 is 0. The van der Waals surface area contributed by atoms with Gasteiger partial charge in [-0.25, -0.2) is 9.97 Å². The minimum Gasteiger partial charge on any atom is -0.389 e. The van der Waals surface area contributed by atoms with Crippen molar-refractivity contribution in [3.63, 3.8) is 0 Å². The van der Waals surface area contributed by atoms with Crippen LogP contribution in [0, 0.1) is 0 Å². The van der Waals surface area contributed by atoms with E-state index in [1.54, 1.807) is 11.8 Å². The number of halogens is 4. The Kier molecular flexibility index (Phi) is 4.35. The van der Waals surface area contributed by atoms with E-state index in [0.29, 0.717) is 16.8 Å². The van der Waals surface area contributed by atoms with Gasteiger partial charge in [-0.3, -0.25) is 0 Å². The van der Waals surface area contributed by atoms with Gasteiger partial charge in [0.15, 0.2) is 0 Å². The lowest BCUT2D eigenvalue weighted by Gasteiger charge is -2.43. The molecular weight excluding hydrogens is 376 g/mol. The van der Waals surface area contributed by atoms with Crippen molar-refractivity contribution in [3.8, 4) is 11.3 Å². The highest BCUT2D eigenvalue weighted by Crippen LogP contribution is 2.45. The highest BCUT2D eigenvalue weighted by atomic mass is 19.3. The topological polar surface area (TPSA) is 75.3 Å². The number of benzene rings is 1. The number of aromatic nitrogens is 2. The predicted octanol–water partition coefficient (Wildman–Crippen LogP) is 2.80. The van der Waals surface area contributed by atoms with Crippen molar-refractivity contribution in [2.75, 3.05) is 18.0 Å². The van der Waals surface area contributed by atoms with E-state index in [4.69, 9.17) is 5.73 Å². The SMILES string of the molecule is C[C@H]1[C@H](O)CN1c1nc(-c2ccc(C(F)(F)CN)cc2)c2c(n1)C(F)(F)CC2. The summed E-state index contributed by atoms with van der Waals surface area (Å²) in [6, 6.07) is 5.07. The fourth-order valence-electron chi connectivity index (χ4n) is 3.62. The first-order valence-corrected chi connectivity index (χ1v) is 9.07. The van der Waals surface area contributed by atoms with Gasteiger partial charge in [0.2, 0.25) is 5.95 Å². The van der Waals surface area contributed by atoms with Crippen LogP contribution in [0.25, 0.3) is 11.3 Å². The van der Waals surface area contributed by atoms with Crippen LogP contribution in [0.2, 0.25) is 0 Å². The van der Waals surface area contributed by atoms with E-state index in [1.807, 2.05) is 0 Å². The van der Waals surface area contributed by atoms with Crippen LogP contribution in [-0.4, -0.2) is 40.3 Å². The zero-order valence-electron chi connectivity index (χ0n) is 15.2. The summed E-state index contributed by atoms with van der Waals surface area (Å²) in [6.07, 6.45) is -0.829. The van der Waals surface area contributed by atoms with Crippen LogP contribution in [0.1, 0.15) is 30.2 Å². The normalized spacial score (nSPS) is 23.5. The quantitative estimate of drug-likeness (QED) is 0.778. The second-order valence-corrected chi connectivity index (χ2v) is 7.35. The van der Waals surface area contributed by atoms with Gasteiger partial charge in [-0.2, -0.15) is 17.6 Å². The number of nitrogens with two attached hydrogens (primary N) is 1. The van der Waals surface area contributed by atoms with E-state index in [1.165, 1.54) is 24.3 Å². The molecule has 0 spiro atoms. The summed E-state index contributed by atoms with van der Waals surface area (Å²) in [4.78, 5) is 10.2. The van der Waals surface area contributed by atoms with Gasteiger partial charge in [-0.15, -0.1) is 0 Å². The van der Waals surface area contributed by atoms with E-state index >= 15 is 0 Å². The Morgan fingerprint density at radius 1 is 1.25 bits per heavy atom. The molecule has 4 rings (SSSR count). The van der Waals surface area contributed by atoms with Crippen LogP contribution in [0.3, 0.4) is 0 Å². The molecule has 28 heavy (non-hydrogen) atoms. The second-order valence-electron chi connectivity index (χ2n) is 7.35. The predicted molar refractivity (Wildman–Crippen MR) is 95.4 cm³/mol. The van der Waals surface area contributed by atoms with Crippen molar-refractivity contribution in [2.24, 2.45) is 5.73 Å². The third-order valence-electron chi connectivity index (χ3n) is 5.56. The summed E-state index contributed by atoms with van der Waals surface area (Å²) in [7, 11) is 0. The number of rotatable bonds is 4. The molecule has 1 fully saturated rings. The lowest BCUT2D eigenvalue weighted by Crippen LogP contribution is -2.59. The minimum atomic E-state index is -3.16. The Balaban J connectivity index is 1.79. The molecule has 1 aliphatic heterocycles. The average molecular weight is 396 g/mol. The molecule has 1 aliphatic carbocycles. The average Bonchev–Trinajstić information content (AvgIpc) is 3.00. The summed E-state index contributed by atoms with van der Waals surface area (Å²) in [6.45, 7) is 1.19. The number of β-amino-alcohol motifs (C(OH)–C–C–N with tert-alkyl or cyclic N) is 1. The molecule has 1 saturated heterocycles. The maximum absolute atomic E-state index is 14.4. The van der Waals surface area contributed by atoms with E-state index in [2.05, 4.69) is 9.97 Å². The Morgan fingerprint density at radius 2 is 1.93 bits per heavy atom. The van der Waals surface area contributed by atoms with Crippen molar-refractivity contribution in [1.82, 2.24) is 9.97 Å². The molecule has 0 amide bonds. The minimum absolute atomic E-state index is 0.108. The molecule has 0 saturated carbocycles. The smallest absolute Gasteiger partial charge is 0.290 e. The maximum atomic E-state index is 14.4. The second kappa shape index (κ2) is 6.38. The lowest BCUT2D eigenvalue weighted by molar-refractivity contribution is -0.00605. The molecule has 3 N–H and O–H groups in total. The third-order valence-corrected chi connectivity index (χ3v) is 5.56. The van der Waals surface area contributed by atoms with Crippen molar-refractivity contribution < 1.29 is 22.7 Å². The van der Waals surface area contributed by atoms with Crippen LogP contribution in [0.15, 0.2) is 24.3 Å². The van der Waals surface area contributed by atoms with Crippen LogP contribution < -0.4 is 10.6 Å². The first kappa shape index (κ1) is 19.1. The molecule has 0 unspecified atom stereocenters. The molecular formula is C19H20F4N4O. The van der Waals surface area contributed by atoms with Gasteiger partial charge in [0.25, 0.3) is 11.8 Å². The molecule has 9 heteroatoms. The van der Waals surface area contributed by atoms with Crippen LogP contribution >= 0.6 is 0 Å². The van der Waals surface area contributed by atoms with E-state index in [-0.39, 0.29) is 42.6 Å². The molecule has 0 radical (unpaired) electrons. The zero-order valence-corrected chi connectivity index (χ0v) is 15.2. The standard InChI is InChI=1S/C19H20F4N4O/c1-10-14(28)8-27(10)17-25-15(13-6-7-18(20,21)16(13)26-17)11-2-4-12(5-3-11)19(22,23)9-24/h2-5,10,14,28H,6-9,24H2,1H3/t10-,14+/m0/s1. The molecule has 2 aliphatic rings. The number of aliphatic hydroxyl groups is 1. The number of hydrogen-bond donors (Lipinski definition) is 2. The molecule has 150 valence electrons. The molecule has 0 bridgehead atoms. The highest BCUT2D eigenvalue weighted by Gasteiger charge is 2.45. The van der Waals surface area contributed by atoms with Gasteiger partial charge in [0, 0.05) is 29.7 Å². The van der Waals surface area contributed by atoms with Gasteiger partial charge >= 0.3 is 0 Å². The van der Waals surface area contributed by atoms with Gasteiger partial charge in [0.05, 0.1) is 24.4 Å². The van der Waals surface area contributed by atoms with E-state index in [9.17, 15) is 22.7 Å². The van der Waals surface area contributed by atoms with Crippen LogP contribution in [-0.2, 0) is 18.3 Å². The van der Waals surface area contributed by atoms with Gasteiger partial charge in [-0.1, -0.05) is 24.3 Å². The number of fused-ring (bicyclic) bond motifs is 1. The fraction of sp³-hybridized carbons (Fsp3) is 0.474. The number of nitrogens with zero attached hydrogens (tertiary/aromatic N) is 3. The Bertz CT molecular complexity index is 904. The Hall–Kier alpha value is -2.26. The lowest BCUT2D eigenvalue weighted by atomic mass is 10.0. The fourth-order valence-corrected chi connectivity index (χ4v) is 3.62. The summed E-state index contributed by atoms with van der Waals surface area (Å²) in [5, 5.41) is 9.73. The van der Waals surface area contributed by atoms with Crippen LogP contribution in [0.4, 0.5) is 23.5 Å². The first-order chi connectivity index (χ1) is 13.1. The molecule has 2 aromatic rings. The summed E-state index contributed by atoms with van der Waals surface area (Å²) < 4.78 is 56.3. The molecule has 1 aromatic heterocycles.